The number of benzene rings is 2. The first kappa shape index (κ1) is 18.9. The third-order valence-electron chi connectivity index (χ3n) is 4.11. The van der Waals surface area contributed by atoms with Gasteiger partial charge in [-0.15, -0.1) is 10.2 Å². The number of thioether (sulfide) groups is 1. The average Bonchev–Trinajstić information content (AvgIpc) is 3.01. The molecule has 2 aromatic carbocycles. The lowest BCUT2D eigenvalue weighted by atomic mass is 10.1. The third-order valence-corrected chi connectivity index (χ3v) is 5.29. The zero-order valence-corrected chi connectivity index (χ0v) is 16.1. The molecular formula is C19H20N4O3S. The zero-order valence-electron chi connectivity index (χ0n) is 15.3. The van der Waals surface area contributed by atoms with Crippen LogP contribution in [0.2, 0.25) is 0 Å². The number of nitrogens with zero attached hydrogens (tertiary/aromatic N) is 4. The van der Waals surface area contributed by atoms with E-state index < -0.39 is 5.25 Å². The number of aryl methyl sites for hydroxylation is 2. The van der Waals surface area contributed by atoms with Crippen molar-refractivity contribution in [3.63, 3.8) is 0 Å². The van der Waals surface area contributed by atoms with E-state index in [0.717, 1.165) is 22.6 Å². The maximum absolute atomic E-state index is 11.2. The van der Waals surface area contributed by atoms with E-state index in [0.29, 0.717) is 10.9 Å². The van der Waals surface area contributed by atoms with Crippen LogP contribution in [-0.4, -0.2) is 33.3 Å². The Kier molecular flexibility index (Phi) is 5.75. The summed E-state index contributed by atoms with van der Waals surface area (Å²) >= 11 is 1.34. The molecule has 0 amide bonds. The summed E-state index contributed by atoms with van der Waals surface area (Å²) < 4.78 is 7.10. The standard InChI is InChI=1S/C19H20N4O3S/c1-13-5-4-6-16(11-13)23-14(2)20-21-19(23)27-18(12-22(24)25)15-7-9-17(26-3)10-8-15/h4-11,18H,12H2,1-3H3/t18-/m0/s1. The van der Waals surface area contributed by atoms with E-state index >= 15 is 0 Å². The summed E-state index contributed by atoms with van der Waals surface area (Å²) in [6.45, 7) is 3.68. The zero-order chi connectivity index (χ0) is 19.4. The first-order chi connectivity index (χ1) is 13.0. The van der Waals surface area contributed by atoms with E-state index in [2.05, 4.69) is 10.2 Å². The molecule has 27 heavy (non-hydrogen) atoms. The summed E-state index contributed by atoms with van der Waals surface area (Å²) in [6.07, 6.45) is 0. The van der Waals surface area contributed by atoms with Gasteiger partial charge in [0.25, 0.3) is 0 Å². The molecule has 0 aliphatic carbocycles. The summed E-state index contributed by atoms with van der Waals surface area (Å²) in [5.74, 6) is 1.44. The van der Waals surface area contributed by atoms with Crippen molar-refractivity contribution in [2.75, 3.05) is 13.7 Å². The Balaban J connectivity index is 1.95. The number of hydrogen-bond acceptors (Lipinski definition) is 6. The van der Waals surface area contributed by atoms with E-state index in [1.54, 1.807) is 19.2 Å². The summed E-state index contributed by atoms with van der Waals surface area (Å²) in [6, 6.07) is 15.3. The predicted octanol–water partition coefficient (Wildman–Crippen LogP) is 4.00. The minimum Gasteiger partial charge on any atom is -0.497 e. The van der Waals surface area contributed by atoms with Crippen LogP contribution in [0.4, 0.5) is 0 Å². The Bertz CT molecular complexity index is 940. The van der Waals surface area contributed by atoms with Crippen molar-refractivity contribution in [2.24, 2.45) is 0 Å². The first-order valence-electron chi connectivity index (χ1n) is 8.39. The maximum atomic E-state index is 11.2. The second-order valence-corrected chi connectivity index (χ2v) is 7.27. The van der Waals surface area contributed by atoms with Crippen molar-refractivity contribution < 1.29 is 9.66 Å². The first-order valence-corrected chi connectivity index (χ1v) is 9.27. The number of hydrogen-bond donors (Lipinski definition) is 0. The van der Waals surface area contributed by atoms with Gasteiger partial charge in [-0.1, -0.05) is 36.0 Å². The van der Waals surface area contributed by atoms with Crippen molar-refractivity contribution in [2.45, 2.75) is 24.3 Å². The van der Waals surface area contributed by atoms with E-state index in [-0.39, 0.29) is 11.5 Å². The lowest BCUT2D eigenvalue weighted by Crippen LogP contribution is -2.11. The molecule has 8 heteroatoms. The fourth-order valence-electron chi connectivity index (χ4n) is 2.78. The summed E-state index contributed by atoms with van der Waals surface area (Å²) in [7, 11) is 1.59. The Hall–Kier alpha value is -2.87. The molecule has 0 spiro atoms. The van der Waals surface area contributed by atoms with Crippen LogP contribution in [0.1, 0.15) is 22.2 Å². The summed E-state index contributed by atoms with van der Waals surface area (Å²) in [5.41, 5.74) is 2.90. The van der Waals surface area contributed by atoms with Gasteiger partial charge in [-0.25, -0.2) is 0 Å². The van der Waals surface area contributed by atoms with Gasteiger partial charge in [-0.05, 0) is 49.2 Å². The highest BCUT2D eigenvalue weighted by Crippen LogP contribution is 2.36. The van der Waals surface area contributed by atoms with Gasteiger partial charge in [0.05, 0.1) is 7.11 Å². The van der Waals surface area contributed by atoms with Gasteiger partial charge in [-0.2, -0.15) is 0 Å². The molecule has 0 unspecified atom stereocenters. The smallest absolute Gasteiger partial charge is 0.220 e. The van der Waals surface area contributed by atoms with Crippen molar-refractivity contribution >= 4 is 11.8 Å². The fourth-order valence-corrected chi connectivity index (χ4v) is 3.95. The van der Waals surface area contributed by atoms with Crippen LogP contribution in [0.3, 0.4) is 0 Å². The number of rotatable bonds is 7. The molecule has 0 bridgehead atoms. The SMILES string of the molecule is COc1ccc([C@H](C[N+](=O)[O-])Sc2nnc(C)n2-c2cccc(C)c2)cc1. The highest BCUT2D eigenvalue weighted by molar-refractivity contribution is 7.99. The normalized spacial score (nSPS) is 12.0. The van der Waals surface area contributed by atoms with Gasteiger partial charge in [-0.3, -0.25) is 14.7 Å². The number of nitro groups is 1. The molecule has 0 aliphatic heterocycles. The van der Waals surface area contributed by atoms with Crippen LogP contribution in [0.5, 0.6) is 5.75 Å². The van der Waals surface area contributed by atoms with Crippen molar-refractivity contribution in [3.05, 3.63) is 75.6 Å². The monoisotopic (exact) mass is 384 g/mol. The molecule has 3 rings (SSSR count). The average molecular weight is 384 g/mol. The highest BCUT2D eigenvalue weighted by Gasteiger charge is 2.23. The van der Waals surface area contributed by atoms with Gasteiger partial charge < -0.3 is 4.74 Å². The quantitative estimate of drug-likeness (QED) is 0.348. The van der Waals surface area contributed by atoms with Crippen LogP contribution < -0.4 is 4.74 Å². The second kappa shape index (κ2) is 8.22. The molecule has 7 nitrogen and oxygen atoms in total. The molecule has 0 fully saturated rings. The van der Waals surface area contributed by atoms with Crippen molar-refractivity contribution in [3.8, 4) is 11.4 Å². The van der Waals surface area contributed by atoms with Crippen molar-refractivity contribution in [1.82, 2.24) is 14.8 Å². The second-order valence-electron chi connectivity index (χ2n) is 6.10. The summed E-state index contributed by atoms with van der Waals surface area (Å²) in [5, 5.41) is 19.9. The molecule has 0 N–H and O–H groups in total. The van der Waals surface area contributed by atoms with Gasteiger partial charge in [0.1, 0.15) is 16.8 Å². The van der Waals surface area contributed by atoms with E-state index in [9.17, 15) is 10.1 Å². The molecule has 1 heterocycles. The Morgan fingerprint density at radius 3 is 2.56 bits per heavy atom. The molecule has 0 radical (unpaired) electrons. The Morgan fingerprint density at radius 1 is 1.19 bits per heavy atom. The Labute approximate surface area is 161 Å². The van der Waals surface area contributed by atoms with Crippen LogP contribution in [0, 0.1) is 24.0 Å². The number of aromatic nitrogens is 3. The van der Waals surface area contributed by atoms with E-state index in [1.165, 1.54) is 11.8 Å². The lowest BCUT2D eigenvalue weighted by molar-refractivity contribution is -0.479. The molecule has 0 saturated heterocycles. The van der Waals surface area contributed by atoms with Crippen LogP contribution in [0.15, 0.2) is 53.7 Å². The van der Waals surface area contributed by atoms with Gasteiger partial charge in [0.15, 0.2) is 5.16 Å². The third kappa shape index (κ3) is 4.46. The largest absolute Gasteiger partial charge is 0.497 e. The van der Waals surface area contributed by atoms with Crippen LogP contribution >= 0.6 is 11.8 Å². The maximum Gasteiger partial charge on any atom is 0.220 e. The molecular weight excluding hydrogens is 364 g/mol. The van der Waals surface area contributed by atoms with Crippen LogP contribution in [0.25, 0.3) is 5.69 Å². The molecule has 0 saturated carbocycles. The minimum atomic E-state index is -0.391. The fraction of sp³-hybridized carbons (Fsp3) is 0.263. The van der Waals surface area contributed by atoms with E-state index in [4.69, 9.17) is 4.74 Å². The molecule has 3 aromatic rings. The summed E-state index contributed by atoms with van der Waals surface area (Å²) in [4.78, 5) is 10.9. The molecule has 140 valence electrons. The Morgan fingerprint density at radius 2 is 1.93 bits per heavy atom. The molecule has 1 aromatic heterocycles. The highest BCUT2D eigenvalue weighted by atomic mass is 32.2. The lowest BCUT2D eigenvalue weighted by Gasteiger charge is -2.15. The number of ether oxygens (including phenoxy) is 1. The van der Waals surface area contributed by atoms with Gasteiger partial charge >= 0.3 is 0 Å². The number of methoxy groups -OCH3 is 1. The van der Waals surface area contributed by atoms with E-state index in [1.807, 2.05) is 54.8 Å². The van der Waals surface area contributed by atoms with Gasteiger partial charge in [0.2, 0.25) is 6.54 Å². The topological polar surface area (TPSA) is 83.1 Å². The molecule has 0 aliphatic rings. The van der Waals surface area contributed by atoms with Gasteiger partial charge in [0, 0.05) is 10.6 Å². The minimum absolute atomic E-state index is 0.212. The van der Waals surface area contributed by atoms with Crippen LogP contribution in [-0.2, 0) is 0 Å². The predicted molar refractivity (Wildman–Crippen MR) is 104 cm³/mol. The molecule has 1 atom stereocenters. The van der Waals surface area contributed by atoms with Crippen molar-refractivity contribution in [1.29, 1.82) is 0 Å².